The Morgan fingerprint density at radius 1 is 0.364 bits per heavy atom. The molecule has 0 aromatic carbocycles. The molecule has 0 saturated heterocycles. The van der Waals surface area contributed by atoms with Gasteiger partial charge in [-0.05, 0) is 0 Å². The van der Waals surface area contributed by atoms with Crippen LogP contribution < -0.4 is 49.1 Å². The Bertz CT molecular complexity index is 290. The molecule has 0 aliphatic rings. The zero-order chi connectivity index (χ0) is 15.5. The molecule has 15 nitrogen and oxygen atoms in total. The van der Waals surface area contributed by atoms with E-state index in [0.29, 0.717) is 0 Å². The number of aliphatic carboxylic acids is 6. The van der Waals surface area contributed by atoms with Crippen molar-refractivity contribution in [1.82, 2.24) is 18.5 Å². The van der Waals surface area contributed by atoms with Crippen LogP contribution >= 0.6 is 0 Å². The van der Waals surface area contributed by atoms with E-state index in [-0.39, 0.29) is 35.5 Å². The smallest absolute Gasteiger partial charge is 0.0870 e. The van der Waals surface area contributed by atoms with E-state index in [4.69, 9.17) is 59.4 Å². The number of carbonyl (C=O) groups is 6. The molecule has 134 valence electrons. The molecule has 0 atom stereocenters. The molecule has 0 aliphatic heterocycles. The van der Waals surface area contributed by atoms with E-state index in [1.807, 2.05) is 0 Å². The first-order chi connectivity index (χ1) is 7.93. The summed E-state index contributed by atoms with van der Waals surface area (Å²) >= 11 is 0. The van der Waals surface area contributed by atoms with Gasteiger partial charge in [0.2, 0.25) is 0 Å². The van der Waals surface area contributed by atoms with Crippen LogP contribution in [0.5, 0.6) is 0 Å². The van der Waals surface area contributed by atoms with Crippen molar-refractivity contribution in [2.75, 3.05) is 0 Å². The maximum absolute atomic E-state index is 8.93. The predicted octanol–water partition coefficient (Wildman–Crippen LogP) is -10.1. The fraction of sp³-hybridized carbons (Fsp3) is 0. The third-order valence-electron chi connectivity index (χ3n) is 0.500. The second-order valence-corrected chi connectivity index (χ2v) is 1.72. The third-order valence-corrected chi connectivity index (χ3v) is 0.500. The van der Waals surface area contributed by atoms with Crippen LogP contribution in [0.3, 0.4) is 0 Å². The van der Waals surface area contributed by atoms with Crippen LogP contribution in [0.1, 0.15) is 0 Å². The van der Waals surface area contributed by atoms with Gasteiger partial charge in [-0.1, -0.05) is 0 Å². The molecule has 0 fully saturated rings. The van der Waals surface area contributed by atoms with Gasteiger partial charge in [0, 0.05) is 17.1 Å². The normalized spacial score (nSPS) is 6.00. The first kappa shape index (κ1) is 42.7. The van der Waals surface area contributed by atoms with Gasteiger partial charge in [0.05, 0.1) is 35.8 Å². The van der Waals surface area contributed by atoms with Crippen LogP contribution in [-0.4, -0.2) is 35.8 Å². The van der Waals surface area contributed by atoms with E-state index in [1.54, 1.807) is 0 Å². The molecule has 0 amide bonds. The fourth-order valence-electron chi connectivity index (χ4n) is 0. The fourth-order valence-corrected chi connectivity index (χ4v) is 0. The molecule has 0 bridgehead atoms. The maximum Gasteiger partial charge on any atom is 0.0870 e. The molecule has 0 unspecified atom stereocenters. The largest absolute Gasteiger partial charge is 0.543 e. The second-order valence-electron chi connectivity index (χ2n) is 1.72. The minimum Gasteiger partial charge on any atom is -0.543 e. The van der Waals surface area contributed by atoms with Crippen LogP contribution in [0.4, 0.5) is 0 Å². The monoisotopic (exact) mass is 371 g/mol. The van der Waals surface area contributed by atoms with E-state index >= 15 is 0 Å². The zero-order valence-electron chi connectivity index (χ0n) is 10.4. The molecule has 9 N–H and O–H groups in total. The molecular formula is C6H9FeN3O12-6. The molecule has 0 rings (SSSR count). The number of carboxylic acids is 6. The van der Waals surface area contributed by atoms with Gasteiger partial charge in [0.15, 0.2) is 0 Å². The average molecular weight is 371 g/mol. The summed E-state index contributed by atoms with van der Waals surface area (Å²) in [5.41, 5.74) is 0. The molecule has 0 heterocycles. The molecule has 0 saturated carbocycles. The van der Waals surface area contributed by atoms with E-state index in [2.05, 4.69) is 0 Å². The first-order valence-corrected chi connectivity index (χ1v) is 3.20. The number of carbonyl (C=O) groups excluding carboxylic acids is 6. The molecule has 16 heteroatoms. The van der Waals surface area contributed by atoms with E-state index in [0.717, 1.165) is 0 Å². The van der Waals surface area contributed by atoms with Crippen LogP contribution in [0.25, 0.3) is 0 Å². The molecule has 0 radical (unpaired) electrons. The van der Waals surface area contributed by atoms with Crippen LogP contribution in [0.2, 0.25) is 0 Å². The van der Waals surface area contributed by atoms with Crippen molar-refractivity contribution < 1.29 is 76.5 Å². The van der Waals surface area contributed by atoms with Crippen molar-refractivity contribution in [3.05, 3.63) is 0 Å². The van der Waals surface area contributed by atoms with Gasteiger partial charge in [-0.15, -0.1) is 0 Å². The summed E-state index contributed by atoms with van der Waals surface area (Å²) in [6.45, 7) is 0. The van der Waals surface area contributed by atoms with Crippen molar-refractivity contribution in [3.8, 4) is 0 Å². The van der Waals surface area contributed by atoms with Crippen molar-refractivity contribution in [3.63, 3.8) is 0 Å². The van der Waals surface area contributed by atoms with Crippen molar-refractivity contribution in [1.29, 1.82) is 0 Å². The maximum atomic E-state index is 8.93. The minimum absolute atomic E-state index is 0. The standard InChI is InChI=1S/3C2H2O4.Fe.3H3N/c3*3-1(4)2(5)6;;;;/h3*(H,3,4)(H,5,6);;3*1H3/p-6. The average Bonchev–Trinajstić information content (AvgIpc) is 2.18. The van der Waals surface area contributed by atoms with Crippen molar-refractivity contribution in [2.24, 2.45) is 0 Å². The Morgan fingerprint density at radius 2 is 0.409 bits per heavy atom. The number of rotatable bonds is 0. The minimum atomic E-state index is -2.19. The van der Waals surface area contributed by atoms with E-state index in [1.165, 1.54) is 0 Å². The summed E-state index contributed by atoms with van der Waals surface area (Å²) in [7, 11) is 0. The van der Waals surface area contributed by atoms with Crippen molar-refractivity contribution in [2.45, 2.75) is 0 Å². The van der Waals surface area contributed by atoms with Crippen LogP contribution in [0.15, 0.2) is 0 Å². The molecule has 0 spiro atoms. The molecule has 22 heavy (non-hydrogen) atoms. The summed E-state index contributed by atoms with van der Waals surface area (Å²) in [4.78, 5) is 53.6. The Kier molecular flexibility index (Phi) is 45.3. The molecule has 0 aromatic rings. The Balaban J connectivity index is -0.0000000281. The Morgan fingerprint density at radius 3 is 0.409 bits per heavy atom. The predicted molar refractivity (Wildman–Crippen MR) is 45.1 cm³/mol. The molecule has 0 aliphatic carbocycles. The number of carboxylic acid groups (broad SMARTS) is 6. The summed E-state index contributed by atoms with van der Waals surface area (Å²) in [5, 5.41) is 53.6. The summed E-state index contributed by atoms with van der Waals surface area (Å²) < 4.78 is 0. The topological polar surface area (TPSA) is 346 Å². The second kappa shape index (κ2) is 23.3. The van der Waals surface area contributed by atoms with Crippen molar-refractivity contribution >= 4 is 35.8 Å². The van der Waals surface area contributed by atoms with Gasteiger partial charge in [-0.3, -0.25) is 0 Å². The van der Waals surface area contributed by atoms with Gasteiger partial charge in [0.25, 0.3) is 0 Å². The van der Waals surface area contributed by atoms with Gasteiger partial charge >= 0.3 is 0 Å². The number of hydrogen-bond donors (Lipinski definition) is 3. The third kappa shape index (κ3) is 53.3. The van der Waals surface area contributed by atoms with Gasteiger partial charge < -0.3 is 77.9 Å². The first-order valence-electron chi connectivity index (χ1n) is 3.20. The van der Waals surface area contributed by atoms with E-state index in [9.17, 15) is 0 Å². The SMILES string of the molecule is N.N.N.O=C([O-])C(=O)[O-].O=C([O-])C(=O)[O-].O=C([O-])C(=O)[O-].[Fe]. The van der Waals surface area contributed by atoms with Gasteiger partial charge in [0.1, 0.15) is 0 Å². The van der Waals surface area contributed by atoms with Gasteiger partial charge in [-0.25, -0.2) is 0 Å². The van der Waals surface area contributed by atoms with Gasteiger partial charge in [-0.2, -0.15) is 0 Å². The molecule has 0 aromatic heterocycles. The quantitative estimate of drug-likeness (QED) is 0.262. The van der Waals surface area contributed by atoms with Crippen LogP contribution in [-0.2, 0) is 45.8 Å². The zero-order valence-corrected chi connectivity index (χ0v) is 11.5. The summed E-state index contributed by atoms with van der Waals surface area (Å²) in [5.74, 6) is -13.1. The summed E-state index contributed by atoms with van der Waals surface area (Å²) in [6, 6.07) is 0. The Hall–Kier alpha value is -2.78. The molecular weight excluding hydrogens is 362 g/mol. The number of hydrogen-bond acceptors (Lipinski definition) is 15. The summed E-state index contributed by atoms with van der Waals surface area (Å²) in [6.07, 6.45) is 0. The van der Waals surface area contributed by atoms with E-state index < -0.39 is 35.8 Å². The Labute approximate surface area is 131 Å². The van der Waals surface area contributed by atoms with Crippen LogP contribution in [0, 0.1) is 0 Å².